The maximum atomic E-state index is 5.91. The highest BCUT2D eigenvalue weighted by atomic mass is 28.4. The molecule has 3 heteroatoms. The largest absolute Gasteiger partial charge is 0.391 e. The van der Waals surface area contributed by atoms with Gasteiger partial charge in [0.2, 0.25) is 0 Å². The lowest BCUT2D eigenvalue weighted by Crippen LogP contribution is -2.43. The normalized spacial score (nSPS) is 16.1. The highest BCUT2D eigenvalue weighted by Crippen LogP contribution is 2.28. The molecule has 0 aromatic rings. The molecule has 0 fully saturated rings. The first-order valence-electron chi connectivity index (χ1n) is 5.43. The molecule has 0 radical (unpaired) electrons. The van der Waals surface area contributed by atoms with Gasteiger partial charge in [0, 0.05) is 13.2 Å². The van der Waals surface area contributed by atoms with Crippen LogP contribution in [0.1, 0.15) is 27.2 Å². The average Bonchev–Trinajstić information content (AvgIpc) is 2.70. The predicted molar refractivity (Wildman–Crippen MR) is 61.3 cm³/mol. The van der Waals surface area contributed by atoms with E-state index in [9.17, 15) is 0 Å². The molecular formula is C11H20O2Si. The number of hydrogen-bond acceptors (Lipinski definition) is 2. The van der Waals surface area contributed by atoms with Gasteiger partial charge in [-0.1, -0.05) is 25.2 Å². The Hall–Kier alpha value is -0.383. The van der Waals surface area contributed by atoms with Crippen LogP contribution in [-0.2, 0) is 8.85 Å². The lowest BCUT2D eigenvalue weighted by Gasteiger charge is -2.30. The Bertz CT molecular complexity index is 227. The van der Waals surface area contributed by atoms with Crippen LogP contribution in [0.3, 0.4) is 0 Å². The van der Waals surface area contributed by atoms with Crippen molar-refractivity contribution in [2.75, 3.05) is 13.2 Å². The van der Waals surface area contributed by atoms with Crippen LogP contribution >= 0.6 is 0 Å². The van der Waals surface area contributed by atoms with E-state index in [1.165, 1.54) is 5.20 Å². The topological polar surface area (TPSA) is 18.5 Å². The molecule has 14 heavy (non-hydrogen) atoms. The Kier molecular flexibility index (Phi) is 4.58. The first kappa shape index (κ1) is 11.7. The van der Waals surface area contributed by atoms with E-state index in [1.807, 2.05) is 13.8 Å². The van der Waals surface area contributed by atoms with E-state index >= 15 is 0 Å². The third-order valence-corrected chi connectivity index (χ3v) is 6.27. The van der Waals surface area contributed by atoms with Gasteiger partial charge in [-0.3, -0.25) is 0 Å². The van der Waals surface area contributed by atoms with Crippen LogP contribution < -0.4 is 0 Å². The molecule has 0 aromatic heterocycles. The van der Waals surface area contributed by atoms with Gasteiger partial charge in [0.1, 0.15) is 0 Å². The van der Waals surface area contributed by atoms with Crippen molar-refractivity contribution in [1.29, 1.82) is 0 Å². The van der Waals surface area contributed by atoms with Gasteiger partial charge in [0.25, 0.3) is 0 Å². The summed E-state index contributed by atoms with van der Waals surface area (Å²) >= 11 is 0. The van der Waals surface area contributed by atoms with Crippen molar-refractivity contribution < 1.29 is 8.85 Å². The summed E-state index contributed by atoms with van der Waals surface area (Å²) in [6.45, 7) is 7.74. The molecule has 0 aliphatic heterocycles. The molecule has 0 atom stereocenters. The SMILES string of the molecule is CCO[Si](CC)(OCC)C1=CC=CC1. The van der Waals surface area contributed by atoms with E-state index in [0.717, 1.165) is 25.7 Å². The van der Waals surface area contributed by atoms with Crippen molar-refractivity contribution in [3.05, 3.63) is 23.4 Å². The van der Waals surface area contributed by atoms with Crippen LogP contribution in [0.5, 0.6) is 0 Å². The summed E-state index contributed by atoms with van der Waals surface area (Å²) in [7, 11) is -2.04. The molecule has 1 rings (SSSR count). The van der Waals surface area contributed by atoms with E-state index in [4.69, 9.17) is 8.85 Å². The highest BCUT2D eigenvalue weighted by molar-refractivity contribution is 6.75. The van der Waals surface area contributed by atoms with Gasteiger partial charge in [-0.15, -0.1) is 0 Å². The third kappa shape index (κ3) is 2.35. The number of rotatable bonds is 6. The fourth-order valence-corrected chi connectivity index (χ4v) is 4.88. The van der Waals surface area contributed by atoms with Crippen molar-refractivity contribution >= 4 is 8.56 Å². The van der Waals surface area contributed by atoms with Crippen molar-refractivity contribution in [3.8, 4) is 0 Å². The highest BCUT2D eigenvalue weighted by Gasteiger charge is 2.39. The Morgan fingerprint density at radius 2 is 1.86 bits per heavy atom. The Balaban J connectivity index is 2.76. The van der Waals surface area contributed by atoms with E-state index in [2.05, 4.69) is 25.2 Å². The Labute approximate surface area is 87.9 Å². The molecular weight excluding hydrogens is 192 g/mol. The number of allylic oxidation sites excluding steroid dienone is 4. The zero-order valence-electron chi connectivity index (χ0n) is 9.38. The summed E-state index contributed by atoms with van der Waals surface area (Å²) in [5.41, 5.74) is 0. The maximum absolute atomic E-state index is 5.91. The fraction of sp³-hybridized carbons (Fsp3) is 0.636. The zero-order chi connectivity index (χ0) is 10.4. The van der Waals surface area contributed by atoms with Crippen LogP contribution in [0.2, 0.25) is 6.04 Å². The summed E-state index contributed by atoms with van der Waals surface area (Å²) in [5, 5.41) is 1.38. The zero-order valence-corrected chi connectivity index (χ0v) is 10.4. The van der Waals surface area contributed by atoms with Gasteiger partial charge in [-0.05, 0) is 31.5 Å². The lowest BCUT2D eigenvalue weighted by molar-refractivity contribution is 0.192. The van der Waals surface area contributed by atoms with Crippen molar-refractivity contribution in [1.82, 2.24) is 0 Å². The van der Waals surface area contributed by atoms with E-state index in [-0.39, 0.29) is 0 Å². The quantitative estimate of drug-likeness (QED) is 0.630. The Morgan fingerprint density at radius 3 is 2.21 bits per heavy atom. The maximum Gasteiger partial charge on any atom is 0.368 e. The molecule has 1 aliphatic rings. The van der Waals surface area contributed by atoms with Crippen LogP contribution in [-0.4, -0.2) is 21.8 Å². The van der Waals surface area contributed by atoms with Crippen LogP contribution in [0, 0.1) is 0 Å². The van der Waals surface area contributed by atoms with Gasteiger partial charge < -0.3 is 8.85 Å². The van der Waals surface area contributed by atoms with Gasteiger partial charge in [-0.25, -0.2) is 0 Å². The van der Waals surface area contributed by atoms with Crippen molar-refractivity contribution in [2.24, 2.45) is 0 Å². The monoisotopic (exact) mass is 212 g/mol. The van der Waals surface area contributed by atoms with Crippen LogP contribution in [0.4, 0.5) is 0 Å². The number of hydrogen-bond donors (Lipinski definition) is 0. The third-order valence-electron chi connectivity index (χ3n) is 2.48. The molecule has 1 aliphatic carbocycles. The molecule has 2 nitrogen and oxygen atoms in total. The van der Waals surface area contributed by atoms with Gasteiger partial charge >= 0.3 is 8.56 Å². The molecule has 0 aromatic carbocycles. The van der Waals surface area contributed by atoms with Gasteiger partial charge in [0.05, 0.1) is 0 Å². The van der Waals surface area contributed by atoms with Crippen LogP contribution in [0.15, 0.2) is 23.4 Å². The molecule has 0 saturated carbocycles. The Morgan fingerprint density at radius 1 is 1.21 bits per heavy atom. The molecule has 0 saturated heterocycles. The molecule has 80 valence electrons. The first-order chi connectivity index (χ1) is 6.79. The minimum Gasteiger partial charge on any atom is -0.391 e. The summed E-state index contributed by atoms with van der Waals surface area (Å²) in [6.07, 6.45) is 7.46. The second kappa shape index (κ2) is 5.49. The fourth-order valence-electron chi connectivity index (χ4n) is 1.85. The predicted octanol–water partition coefficient (Wildman–Crippen LogP) is 2.95. The summed E-state index contributed by atoms with van der Waals surface area (Å²) < 4.78 is 11.8. The first-order valence-corrected chi connectivity index (χ1v) is 7.45. The minimum absolute atomic E-state index is 0.747. The molecule has 0 heterocycles. The summed E-state index contributed by atoms with van der Waals surface area (Å²) in [4.78, 5) is 0. The smallest absolute Gasteiger partial charge is 0.368 e. The van der Waals surface area contributed by atoms with Crippen molar-refractivity contribution in [3.63, 3.8) is 0 Å². The summed E-state index contributed by atoms with van der Waals surface area (Å²) in [6, 6.07) is 1.00. The van der Waals surface area contributed by atoms with E-state index in [0.29, 0.717) is 0 Å². The van der Waals surface area contributed by atoms with E-state index < -0.39 is 8.56 Å². The average molecular weight is 212 g/mol. The second-order valence-electron chi connectivity index (χ2n) is 3.30. The molecule has 0 spiro atoms. The van der Waals surface area contributed by atoms with Crippen molar-refractivity contribution in [2.45, 2.75) is 33.2 Å². The lowest BCUT2D eigenvalue weighted by atomic mass is 10.5. The minimum atomic E-state index is -2.04. The van der Waals surface area contributed by atoms with E-state index in [1.54, 1.807) is 0 Å². The van der Waals surface area contributed by atoms with Gasteiger partial charge in [-0.2, -0.15) is 0 Å². The standard InChI is InChI=1S/C11H20O2Si/c1-4-12-14(6-3,13-5-2)11-9-7-8-10-11/h7-9H,4-6,10H2,1-3H3. The molecule has 0 amide bonds. The molecule has 0 bridgehead atoms. The molecule has 0 unspecified atom stereocenters. The second-order valence-corrected chi connectivity index (χ2v) is 6.73. The molecule has 0 N–H and O–H groups in total. The van der Waals surface area contributed by atoms with Crippen LogP contribution in [0.25, 0.3) is 0 Å². The summed E-state index contributed by atoms with van der Waals surface area (Å²) in [5.74, 6) is 0. The van der Waals surface area contributed by atoms with Gasteiger partial charge in [0.15, 0.2) is 0 Å².